The fourth-order valence-electron chi connectivity index (χ4n) is 1.92. The van der Waals surface area contributed by atoms with Crippen molar-refractivity contribution in [1.29, 1.82) is 0 Å². The van der Waals surface area contributed by atoms with Crippen LogP contribution in [0.25, 0.3) is 5.69 Å². The minimum Gasteiger partial charge on any atom is -0.385 e. The standard InChI is InChI=1S/C13H19N5/c1-3-5-11(2)9-14-12-6-4-7-13(8-12)18-10-15-16-17-18/h4,6-8,10-11,14H,3,5,9H2,1-2H3. The van der Waals surface area contributed by atoms with Crippen LogP contribution in [0.2, 0.25) is 0 Å². The van der Waals surface area contributed by atoms with Gasteiger partial charge in [-0.3, -0.25) is 0 Å². The van der Waals surface area contributed by atoms with Crippen LogP contribution >= 0.6 is 0 Å². The fourth-order valence-corrected chi connectivity index (χ4v) is 1.92. The maximum absolute atomic E-state index is 3.88. The van der Waals surface area contributed by atoms with E-state index >= 15 is 0 Å². The molecule has 1 N–H and O–H groups in total. The summed E-state index contributed by atoms with van der Waals surface area (Å²) in [7, 11) is 0. The number of hydrogen-bond acceptors (Lipinski definition) is 4. The quantitative estimate of drug-likeness (QED) is 0.849. The number of rotatable bonds is 6. The van der Waals surface area contributed by atoms with Crippen LogP contribution in [0.15, 0.2) is 30.6 Å². The van der Waals surface area contributed by atoms with E-state index in [4.69, 9.17) is 0 Å². The first-order valence-electron chi connectivity index (χ1n) is 6.37. The van der Waals surface area contributed by atoms with E-state index in [9.17, 15) is 0 Å². The number of aromatic nitrogens is 4. The molecule has 0 radical (unpaired) electrons. The summed E-state index contributed by atoms with van der Waals surface area (Å²) >= 11 is 0. The predicted molar refractivity (Wildman–Crippen MR) is 71.7 cm³/mol. The van der Waals surface area contributed by atoms with Gasteiger partial charge in [-0.25, -0.2) is 4.68 Å². The van der Waals surface area contributed by atoms with Crippen LogP contribution in [0.5, 0.6) is 0 Å². The van der Waals surface area contributed by atoms with Gasteiger partial charge in [0, 0.05) is 12.2 Å². The van der Waals surface area contributed by atoms with E-state index in [2.05, 4.69) is 46.8 Å². The van der Waals surface area contributed by atoms with E-state index in [-0.39, 0.29) is 0 Å². The lowest BCUT2D eigenvalue weighted by Gasteiger charge is -2.13. The first-order chi connectivity index (χ1) is 8.79. The number of tetrazole rings is 1. The van der Waals surface area contributed by atoms with Crippen LogP contribution < -0.4 is 5.32 Å². The van der Waals surface area contributed by atoms with Crippen LogP contribution in [0.1, 0.15) is 26.7 Å². The minimum atomic E-state index is 0.687. The SMILES string of the molecule is CCCC(C)CNc1cccc(-n2cnnn2)c1. The smallest absolute Gasteiger partial charge is 0.143 e. The summed E-state index contributed by atoms with van der Waals surface area (Å²) in [5.41, 5.74) is 2.07. The van der Waals surface area contributed by atoms with Crippen molar-refractivity contribution in [3.8, 4) is 5.69 Å². The third-order valence-electron chi connectivity index (χ3n) is 2.90. The van der Waals surface area contributed by atoms with Gasteiger partial charge in [0.1, 0.15) is 6.33 Å². The second-order valence-electron chi connectivity index (χ2n) is 4.58. The molecule has 1 heterocycles. The predicted octanol–water partition coefficient (Wildman–Crippen LogP) is 2.51. The molecule has 2 rings (SSSR count). The van der Waals surface area contributed by atoms with Crippen molar-refractivity contribution in [2.24, 2.45) is 5.92 Å². The van der Waals surface area contributed by atoms with Crippen molar-refractivity contribution < 1.29 is 0 Å². The van der Waals surface area contributed by atoms with Crippen molar-refractivity contribution in [1.82, 2.24) is 20.2 Å². The van der Waals surface area contributed by atoms with E-state index < -0.39 is 0 Å². The van der Waals surface area contributed by atoms with E-state index in [0.29, 0.717) is 5.92 Å². The number of anilines is 1. The molecule has 96 valence electrons. The molecule has 0 aliphatic rings. The lowest BCUT2D eigenvalue weighted by Crippen LogP contribution is -2.11. The average molecular weight is 245 g/mol. The minimum absolute atomic E-state index is 0.687. The van der Waals surface area contributed by atoms with Gasteiger partial charge in [0.15, 0.2) is 0 Å². The third kappa shape index (κ3) is 3.29. The topological polar surface area (TPSA) is 55.6 Å². The van der Waals surface area contributed by atoms with E-state index in [1.165, 1.54) is 12.8 Å². The highest BCUT2D eigenvalue weighted by Gasteiger charge is 2.02. The van der Waals surface area contributed by atoms with E-state index in [1.54, 1.807) is 11.0 Å². The molecule has 1 aromatic heterocycles. The molecule has 0 aliphatic heterocycles. The van der Waals surface area contributed by atoms with Crippen molar-refractivity contribution >= 4 is 5.69 Å². The summed E-state index contributed by atoms with van der Waals surface area (Å²) < 4.78 is 1.65. The first-order valence-corrected chi connectivity index (χ1v) is 6.37. The molecule has 5 nitrogen and oxygen atoms in total. The van der Waals surface area contributed by atoms with Crippen LogP contribution in [0.4, 0.5) is 5.69 Å². The molecule has 0 saturated carbocycles. The Morgan fingerprint density at radius 2 is 2.28 bits per heavy atom. The average Bonchev–Trinajstić information content (AvgIpc) is 2.91. The summed E-state index contributed by atoms with van der Waals surface area (Å²) in [6.07, 6.45) is 4.08. The van der Waals surface area contributed by atoms with Gasteiger partial charge in [0.05, 0.1) is 5.69 Å². The van der Waals surface area contributed by atoms with Gasteiger partial charge in [-0.2, -0.15) is 0 Å². The molecule has 1 aromatic carbocycles. The lowest BCUT2D eigenvalue weighted by atomic mass is 10.1. The van der Waals surface area contributed by atoms with Crippen molar-refractivity contribution in [2.75, 3.05) is 11.9 Å². The summed E-state index contributed by atoms with van der Waals surface area (Å²) in [6.45, 7) is 5.48. The lowest BCUT2D eigenvalue weighted by molar-refractivity contribution is 0.551. The molecule has 5 heteroatoms. The molecular weight excluding hydrogens is 226 g/mol. The van der Waals surface area contributed by atoms with Crippen LogP contribution in [-0.4, -0.2) is 26.8 Å². The normalized spacial score (nSPS) is 12.3. The highest BCUT2D eigenvalue weighted by molar-refractivity contribution is 5.50. The number of nitrogens with one attached hydrogen (secondary N) is 1. The Kier molecular flexibility index (Phi) is 4.28. The van der Waals surface area contributed by atoms with Gasteiger partial charge in [0.25, 0.3) is 0 Å². The van der Waals surface area contributed by atoms with Crippen molar-refractivity contribution in [3.05, 3.63) is 30.6 Å². The Hall–Kier alpha value is -1.91. The molecule has 1 atom stereocenters. The Morgan fingerprint density at radius 3 is 3.00 bits per heavy atom. The van der Waals surface area contributed by atoms with Crippen LogP contribution in [-0.2, 0) is 0 Å². The Labute approximate surface area is 107 Å². The Morgan fingerprint density at radius 1 is 1.39 bits per heavy atom. The molecule has 18 heavy (non-hydrogen) atoms. The maximum Gasteiger partial charge on any atom is 0.143 e. The molecule has 0 saturated heterocycles. The van der Waals surface area contributed by atoms with Gasteiger partial charge < -0.3 is 5.32 Å². The molecule has 0 fully saturated rings. The van der Waals surface area contributed by atoms with Gasteiger partial charge in [-0.05, 0) is 41.0 Å². The zero-order valence-corrected chi connectivity index (χ0v) is 10.9. The third-order valence-corrected chi connectivity index (χ3v) is 2.90. The summed E-state index contributed by atoms with van der Waals surface area (Å²) in [5, 5.41) is 14.6. The maximum atomic E-state index is 3.88. The highest BCUT2D eigenvalue weighted by Crippen LogP contribution is 2.14. The monoisotopic (exact) mass is 245 g/mol. The Bertz CT molecular complexity index is 466. The fraction of sp³-hybridized carbons (Fsp3) is 0.462. The molecule has 1 unspecified atom stereocenters. The number of hydrogen-bond donors (Lipinski definition) is 1. The zero-order chi connectivity index (χ0) is 12.8. The van der Waals surface area contributed by atoms with Crippen molar-refractivity contribution in [2.45, 2.75) is 26.7 Å². The molecule has 0 spiro atoms. The van der Waals surface area contributed by atoms with E-state index in [1.807, 2.05) is 12.1 Å². The largest absolute Gasteiger partial charge is 0.385 e. The first kappa shape index (κ1) is 12.5. The second kappa shape index (κ2) is 6.14. The molecule has 0 aliphatic carbocycles. The van der Waals surface area contributed by atoms with Crippen LogP contribution in [0.3, 0.4) is 0 Å². The van der Waals surface area contributed by atoms with Gasteiger partial charge >= 0.3 is 0 Å². The van der Waals surface area contributed by atoms with E-state index in [0.717, 1.165) is 17.9 Å². The summed E-state index contributed by atoms with van der Waals surface area (Å²) in [5.74, 6) is 0.687. The molecule has 2 aromatic rings. The summed E-state index contributed by atoms with van der Waals surface area (Å²) in [6, 6.07) is 8.10. The van der Waals surface area contributed by atoms with Gasteiger partial charge in [-0.15, -0.1) is 5.10 Å². The second-order valence-corrected chi connectivity index (χ2v) is 4.58. The Balaban J connectivity index is 2.00. The summed E-state index contributed by atoms with van der Waals surface area (Å²) in [4.78, 5) is 0. The van der Waals surface area contributed by atoms with Gasteiger partial charge in [0.2, 0.25) is 0 Å². The van der Waals surface area contributed by atoms with Gasteiger partial charge in [-0.1, -0.05) is 26.3 Å². The molecular formula is C13H19N5. The number of benzene rings is 1. The van der Waals surface area contributed by atoms with Crippen LogP contribution in [0, 0.1) is 5.92 Å². The zero-order valence-electron chi connectivity index (χ0n) is 10.9. The highest BCUT2D eigenvalue weighted by atomic mass is 15.5. The number of nitrogens with zero attached hydrogens (tertiary/aromatic N) is 4. The van der Waals surface area contributed by atoms with Crippen molar-refractivity contribution in [3.63, 3.8) is 0 Å². The molecule has 0 amide bonds. The molecule has 0 bridgehead atoms.